The van der Waals surface area contributed by atoms with E-state index in [1.165, 1.54) is 5.56 Å². The molecular formula is C17H27IN2O. The number of quaternary nitrogens is 1. The number of nitrogens with one attached hydrogen (secondary N) is 1. The van der Waals surface area contributed by atoms with Crippen molar-refractivity contribution in [3.8, 4) is 0 Å². The number of halogens is 1. The Kier molecular flexibility index (Phi) is 9.53. The molecule has 0 aromatic heterocycles. The highest BCUT2D eigenvalue weighted by molar-refractivity contribution is 5.91. The first-order chi connectivity index (χ1) is 9.41. The lowest BCUT2D eigenvalue weighted by atomic mass is 10.2. The van der Waals surface area contributed by atoms with E-state index in [0.717, 1.165) is 37.0 Å². The largest absolute Gasteiger partial charge is 1.00 e. The van der Waals surface area contributed by atoms with E-state index in [1.807, 2.05) is 6.07 Å². The highest BCUT2D eigenvalue weighted by Gasteiger charge is 2.15. The minimum atomic E-state index is -0.0389. The summed E-state index contributed by atoms with van der Waals surface area (Å²) in [6.45, 7) is 8.24. The monoisotopic (exact) mass is 402 g/mol. The summed E-state index contributed by atoms with van der Waals surface area (Å²) in [6.07, 6.45) is 2.12. The molecule has 0 aliphatic carbocycles. The first-order valence-corrected chi connectivity index (χ1v) is 7.20. The Morgan fingerprint density at radius 2 is 1.81 bits per heavy atom. The molecule has 0 heterocycles. The summed E-state index contributed by atoms with van der Waals surface area (Å²) in [7, 11) is 4.50. The van der Waals surface area contributed by atoms with Gasteiger partial charge >= 0.3 is 0 Å². The Balaban J connectivity index is 0.00000400. The first kappa shape index (κ1) is 20.1. The van der Waals surface area contributed by atoms with E-state index in [9.17, 15) is 4.79 Å². The van der Waals surface area contributed by atoms with Crippen LogP contribution in [0.1, 0.15) is 25.3 Å². The Bertz CT molecular complexity index is 443. The van der Waals surface area contributed by atoms with E-state index in [2.05, 4.69) is 50.3 Å². The fraction of sp³-hybridized carbons (Fsp3) is 0.471. The summed E-state index contributed by atoms with van der Waals surface area (Å²) in [5.74, 6) is -0.0389. The Hall–Kier alpha value is -0.880. The molecule has 1 aromatic carbocycles. The lowest BCUT2D eigenvalue weighted by Crippen LogP contribution is -3.00. The third-order valence-corrected chi connectivity index (χ3v) is 3.32. The van der Waals surface area contributed by atoms with Crippen LogP contribution >= 0.6 is 0 Å². The van der Waals surface area contributed by atoms with Crippen LogP contribution in [0.15, 0.2) is 42.5 Å². The predicted molar refractivity (Wildman–Crippen MR) is 84.2 cm³/mol. The van der Waals surface area contributed by atoms with Crippen LogP contribution in [0.4, 0.5) is 0 Å². The van der Waals surface area contributed by atoms with Crippen LogP contribution in [-0.2, 0) is 11.3 Å². The molecular weight excluding hydrogens is 375 g/mol. The van der Waals surface area contributed by atoms with Gasteiger partial charge in [0.2, 0.25) is 5.91 Å². The lowest BCUT2D eigenvalue weighted by molar-refractivity contribution is -0.903. The molecule has 21 heavy (non-hydrogen) atoms. The van der Waals surface area contributed by atoms with Crippen molar-refractivity contribution >= 4 is 5.91 Å². The van der Waals surface area contributed by atoms with Gasteiger partial charge in [-0.1, -0.05) is 36.9 Å². The minimum absolute atomic E-state index is 0. The normalized spacial score (nSPS) is 10.6. The number of benzene rings is 1. The van der Waals surface area contributed by atoms with E-state index in [1.54, 1.807) is 6.92 Å². The first-order valence-electron chi connectivity index (χ1n) is 7.20. The summed E-state index contributed by atoms with van der Waals surface area (Å²) in [5, 5.41) is 2.87. The number of nitrogens with zero attached hydrogens (tertiary/aromatic N) is 1. The number of hydrogen-bond donors (Lipinski definition) is 1. The van der Waals surface area contributed by atoms with Crippen molar-refractivity contribution in [2.45, 2.75) is 26.3 Å². The zero-order valence-electron chi connectivity index (χ0n) is 13.4. The second-order valence-corrected chi connectivity index (χ2v) is 6.05. The fourth-order valence-electron chi connectivity index (χ4n) is 2.17. The molecule has 0 fully saturated rings. The second-order valence-electron chi connectivity index (χ2n) is 6.05. The predicted octanol–water partition coefficient (Wildman–Crippen LogP) is -0.260. The van der Waals surface area contributed by atoms with Crippen molar-refractivity contribution in [1.82, 2.24) is 5.32 Å². The van der Waals surface area contributed by atoms with E-state index in [-0.39, 0.29) is 29.9 Å². The molecule has 0 bridgehead atoms. The Labute approximate surface area is 146 Å². The quantitative estimate of drug-likeness (QED) is 0.276. The molecule has 1 amide bonds. The maximum Gasteiger partial charge on any atom is 0.246 e. The molecule has 0 radical (unpaired) electrons. The average Bonchev–Trinajstić information content (AvgIpc) is 2.38. The van der Waals surface area contributed by atoms with Crippen molar-refractivity contribution in [2.75, 3.05) is 27.2 Å². The molecule has 0 aliphatic heterocycles. The second kappa shape index (κ2) is 9.95. The fourth-order valence-corrected chi connectivity index (χ4v) is 2.17. The Morgan fingerprint density at radius 3 is 2.38 bits per heavy atom. The van der Waals surface area contributed by atoms with Crippen LogP contribution in [0.25, 0.3) is 0 Å². The molecule has 0 aliphatic rings. The van der Waals surface area contributed by atoms with Crippen molar-refractivity contribution in [2.24, 2.45) is 0 Å². The van der Waals surface area contributed by atoms with Gasteiger partial charge in [0, 0.05) is 17.7 Å². The molecule has 0 saturated carbocycles. The van der Waals surface area contributed by atoms with Gasteiger partial charge in [0.25, 0.3) is 0 Å². The highest BCUT2D eigenvalue weighted by atomic mass is 127. The molecule has 4 heteroatoms. The van der Waals surface area contributed by atoms with Gasteiger partial charge in [0.15, 0.2) is 0 Å². The van der Waals surface area contributed by atoms with E-state index < -0.39 is 0 Å². The van der Waals surface area contributed by atoms with Gasteiger partial charge in [0.1, 0.15) is 6.54 Å². The van der Waals surface area contributed by atoms with Gasteiger partial charge in [-0.2, -0.15) is 0 Å². The summed E-state index contributed by atoms with van der Waals surface area (Å²) < 4.78 is 0.971. The van der Waals surface area contributed by atoms with Crippen molar-refractivity contribution in [3.05, 3.63) is 48.0 Å². The molecule has 1 N–H and O–H groups in total. The molecule has 3 nitrogen and oxygen atoms in total. The molecule has 1 aromatic rings. The summed E-state index contributed by atoms with van der Waals surface area (Å²) >= 11 is 0. The third-order valence-electron chi connectivity index (χ3n) is 3.32. The van der Waals surface area contributed by atoms with Gasteiger partial charge in [-0.05, 0) is 19.8 Å². The average molecular weight is 402 g/mol. The number of carbonyl (C=O) groups is 1. The van der Waals surface area contributed by atoms with Gasteiger partial charge in [-0.25, -0.2) is 0 Å². The molecule has 0 saturated heterocycles. The Morgan fingerprint density at radius 1 is 1.19 bits per heavy atom. The number of carbonyl (C=O) groups excluding carboxylic acids is 1. The molecule has 118 valence electrons. The van der Waals surface area contributed by atoms with Crippen LogP contribution in [0.2, 0.25) is 0 Å². The van der Waals surface area contributed by atoms with E-state index in [4.69, 9.17) is 0 Å². The number of amides is 1. The highest BCUT2D eigenvalue weighted by Crippen LogP contribution is 2.10. The molecule has 0 spiro atoms. The van der Waals surface area contributed by atoms with E-state index >= 15 is 0 Å². The van der Waals surface area contributed by atoms with Crippen molar-refractivity contribution in [3.63, 3.8) is 0 Å². The molecule has 0 atom stereocenters. The minimum Gasteiger partial charge on any atom is -1.00 e. The standard InChI is InChI=1S/C17H26N2O.HI/c1-15(2)17(20)18-12-8-9-13-19(3,4)14-16-10-6-5-7-11-16;/h5-7,10-11H,1,8-9,12-14H2,2-4H3;1H. The van der Waals surface area contributed by atoms with Crippen LogP contribution < -0.4 is 29.3 Å². The van der Waals surface area contributed by atoms with Crippen LogP contribution in [0, 0.1) is 0 Å². The maximum atomic E-state index is 11.3. The van der Waals surface area contributed by atoms with Crippen LogP contribution in [0.5, 0.6) is 0 Å². The van der Waals surface area contributed by atoms with Crippen molar-refractivity contribution < 1.29 is 33.3 Å². The SMILES string of the molecule is C=C(C)C(=O)NCCCC[N+](C)(C)Cc1ccccc1.[I-]. The van der Waals surface area contributed by atoms with Crippen LogP contribution in [0.3, 0.4) is 0 Å². The summed E-state index contributed by atoms with van der Waals surface area (Å²) in [4.78, 5) is 11.3. The summed E-state index contributed by atoms with van der Waals surface area (Å²) in [6, 6.07) is 10.6. The molecule has 0 unspecified atom stereocenters. The maximum absolute atomic E-state index is 11.3. The van der Waals surface area contributed by atoms with Gasteiger partial charge in [-0.15, -0.1) is 0 Å². The van der Waals surface area contributed by atoms with Gasteiger partial charge < -0.3 is 33.8 Å². The van der Waals surface area contributed by atoms with Gasteiger partial charge in [-0.3, -0.25) is 4.79 Å². The van der Waals surface area contributed by atoms with Crippen molar-refractivity contribution in [1.29, 1.82) is 0 Å². The number of rotatable bonds is 8. The number of unbranched alkanes of at least 4 members (excludes halogenated alkanes) is 1. The smallest absolute Gasteiger partial charge is 0.246 e. The number of hydrogen-bond acceptors (Lipinski definition) is 1. The van der Waals surface area contributed by atoms with Crippen LogP contribution in [-0.4, -0.2) is 37.6 Å². The topological polar surface area (TPSA) is 29.1 Å². The zero-order valence-corrected chi connectivity index (χ0v) is 15.5. The third kappa shape index (κ3) is 8.88. The lowest BCUT2D eigenvalue weighted by Gasteiger charge is -2.30. The zero-order chi connectivity index (χ0) is 15.0. The molecule has 1 rings (SSSR count). The summed E-state index contributed by atoms with van der Waals surface area (Å²) in [5.41, 5.74) is 1.94. The van der Waals surface area contributed by atoms with Gasteiger partial charge in [0.05, 0.1) is 20.6 Å². The van der Waals surface area contributed by atoms with E-state index in [0.29, 0.717) is 5.57 Å².